The topological polar surface area (TPSA) is 73.6 Å². The number of hydrogen-bond donors (Lipinski definition) is 2. The monoisotopic (exact) mass is 238 g/mol. The van der Waals surface area contributed by atoms with Gasteiger partial charge < -0.3 is 20.5 Å². The molecule has 1 rings (SSSR count). The molecular formula is C12H18N2O3. The number of esters is 1. The van der Waals surface area contributed by atoms with Gasteiger partial charge in [-0.15, -0.1) is 0 Å². The predicted molar refractivity (Wildman–Crippen MR) is 67.2 cm³/mol. The van der Waals surface area contributed by atoms with E-state index in [-0.39, 0.29) is 6.10 Å². The minimum absolute atomic E-state index is 0.0659. The van der Waals surface area contributed by atoms with Gasteiger partial charge in [0.05, 0.1) is 30.2 Å². The Hall–Kier alpha value is -1.75. The molecule has 5 heteroatoms. The molecule has 3 N–H and O–H groups in total. The van der Waals surface area contributed by atoms with E-state index in [1.165, 1.54) is 7.11 Å². The lowest BCUT2D eigenvalue weighted by Crippen LogP contribution is -2.19. The van der Waals surface area contributed by atoms with Crippen molar-refractivity contribution in [3.05, 3.63) is 23.8 Å². The third kappa shape index (κ3) is 3.35. The van der Waals surface area contributed by atoms with Gasteiger partial charge in [0, 0.05) is 13.7 Å². The fourth-order valence-corrected chi connectivity index (χ4v) is 1.34. The van der Waals surface area contributed by atoms with Gasteiger partial charge in [0.15, 0.2) is 0 Å². The van der Waals surface area contributed by atoms with Crippen molar-refractivity contribution >= 4 is 17.3 Å². The molecule has 0 aliphatic carbocycles. The van der Waals surface area contributed by atoms with Crippen LogP contribution in [0.4, 0.5) is 11.4 Å². The SMILES string of the molecule is COC(=O)c1cccc(NCC(C)OC)c1N. The number of nitrogen functional groups attached to an aromatic ring is 1. The molecule has 0 amide bonds. The minimum atomic E-state index is -0.439. The van der Waals surface area contributed by atoms with Gasteiger partial charge in [-0.05, 0) is 19.1 Å². The number of nitrogens with two attached hydrogens (primary N) is 1. The number of ether oxygens (including phenoxy) is 2. The van der Waals surface area contributed by atoms with Crippen molar-refractivity contribution in [2.24, 2.45) is 0 Å². The molecule has 0 spiro atoms. The summed E-state index contributed by atoms with van der Waals surface area (Å²) in [4.78, 5) is 11.4. The van der Waals surface area contributed by atoms with Gasteiger partial charge in [-0.2, -0.15) is 0 Å². The van der Waals surface area contributed by atoms with E-state index >= 15 is 0 Å². The average Bonchev–Trinajstić information content (AvgIpc) is 2.36. The van der Waals surface area contributed by atoms with Crippen LogP contribution >= 0.6 is 0 Å². The number of nitrogens with one attached hydrogen (secondary N) is 1. The Morgan fingerprint density at radius 3 is 2.76 bits per heavy atom. The first-order chi connectivity index (χ1) is 8.10. The van der Waals surface area contributed by atoms with Crippen molar-refractivity contribution in [2.75, 3.05) is 31.8 Å². The summed E-state index contributed by atoms with van der Waals surface area (Å²) < 4.78 is 9.76. The van der Waals surface area contributed by atoms with Crippen LogP contribution in [0.3, 0.4) is 0 Å². The van der Waals surface area contributed by atoms with Crippen molar-refractivity contribution in [2.45, 2.75) is 13.0 Å². The molecule has 1 atom stereocenters. The molecule has 1 aromatic carbocycles. The number of carbonyl (C=O) groups excluding carboxylic acids is 1. The fourth-order valence-electron chi connectivity index (χ4n) is 1.34. The van der Waals surface area contributed by atoms with Crippen molar-refractivity contribution in [3.8, 4) is 0 Å². The van der Waals surface area contributed by atoms with E-state index in [2.05, 4.69) is 10.1 Å². The number of methoxy groups -OCH3 is 2. The molecule has 0 saturated carbocycles. The summed E-state index contributed by atoms with van der Waals surface area (Å²) in [6.07, 6.45) is 0.0659. The lowest BCUT2D eigenvalue weighted by molar-refractivity contribution is 0.0602. The van der Waals surface area contributed by atoms with Crippen LogP contribution in [0.2, 0.25) is 0 Å². The number of benzene rings is 1. The third-order valence-electron chi connectivity index (χ3n) is 2.49. The highest BCUT2D eigenvalue weighted by Crippen LogP contribution is 2.23. The molecule has 0 aliphatic rings. The van der Waals surface area contributed by atoms with Crippen LogP contribution in [-0.4, -0.2) is 32.8 Å². The average molecular weight is 238 g/mol. The first-order valence-corrected chi connectivity index (χ1v) is 5.33. The Morgan fingerprint density at radius 2 is 2.18 bits per heavy atom. The van der Waals surface area contributed by atoms with Gasteiger partial charge in [0.2, 0.25) is 0 Å². The standard InChI is InChI=1S/C12H18N2O3/c1-8(16-2)7-14-10-6-4-5-9(11(10)13)12(15)17-3/h4-6,8,14H,7,13H2,1-3H3. The summed E-state index contributed by atoms with van der Waals surface area (Å²) in [7, 11) is 2.97. The molecule has 0 fully saturated rings. The first-order valence-electron chi connectivity index (χ1n) is 5.33. The Balaban J connectivity index is 2.83. The van der Waals surface area contributed by atoms with Gasteiger partial charge in [-0.1, -0.05) is 6.07 Å². The van der Waals surface area contributed by atoms with E-state index in [0.29, 0.717) is 23.5 Å². The molecule has 0 heterocycles. The van der Waals surface area contributed by atoms with Crippen molar-refractivity contribution < 1.29 is 14.3 Å². The van der Waals surface area contributed by atoms with Crippen LogP contribution in [-0.2, 0) is 9.47 Å². The zero-order valence-corrected chi connectivity index (χ0v) is 10.3. The number of carbonyl (C=O) groups is 1. The van der Waals surface area contributed by atoms with E-state index in [0.717, 1.165) is 0 Å². The maximum Gasteiger partial charge on any atom is 0.340 e. The molecule has 0 aromatic heterocycles. The maximum atomic E-state index is 11.4. The third-order valence-corrected chi connectivity index (χ3v) is 2.49. The summed E-state index contributed by atoms with van der Waals surface area (Å²) in [6, 6.07) is 5.19. The Kier molecular flexibility index (Phi) is 4.78. The van der Waals surface area contributed by atoms with Gasteiger partial charge in [-0.25, -0.2) is 4.79 Å². The van der Waals surface area contributed by atoms with E-state index < -0.39 is 5.97 Å². The zero-order valence-electron chi connectivity index (χ0n) is 10.3. The van der Waals surface area contributed by atoms with E-state index in [1.807, 2.05) is 13.0 Å². The highest BCUT2D eigenvalue weighted by Gasteiger charge is 2.12. The quantitative estimate of drug-likeness (QED) is 0.600. The summed E-state index contributed by atoms with van der Waals surface area (Å²) in [6.45, 7) is 2.55. The van der Waals surface area contributed by atoms with Crippen LogP contribution in [0.15, 0.2) is 18.2 Å². The smallest absolute Gasteiger partial charge is 0.340 e. The Morgan fingerprint density at radius 1 is 1.47 bits per heavy atom. The number of anilines is 2. The second-order valence-electron chi connectivity index (χ2n) is 3.69. The van der Waals surface area contributed by atoms with Crippen molar-refractivity contribution in [1.82, 2.24) is 0 Å². The summed E-state index contributed by atoms with van der Waals surface area (Å²) in [5.74, 6) is -0.439. The van der Waals surface area contributed by atoms with Crippen molar-refractivity contribution in [1.29, 1.82) is 0 Å². The number of rotatable bonds is 5. The summed E-state index contributed by atoms with van der Waals surface area (Å²) in [5.41, 5.74) is 7.34. The zero-order chi connectivity index (χ0) is 12.8. The second-order valence-corrected chi connectivity index (χ2v) is 3.69. The van der Waals surface area contributed by atoms with Gasteiger partial charge >= 0.3 is 5.97 Å². The van der Waals surface area contributed by atoms with Gasteiger partial charge in [0.1, 0.15) is 0 Å². The largest absolute Gasteiger partial charge is 0.465 e. The van der Waals surface area contributed by atoms with Crippen molar-refractivity contribution in [3.63, 3.8) is 0 Å². The van der Waals surface area contributed by atoms with E-state index in [9.17, 15) is 4.79 Å². The molecule has 0 saturated heterocycles. The molecule has 1 aromatic rings. The number of para-hydroxylation sites is 1. The molecule has 17 heavy (non-hydrogen) atoms. The van der Waals surface area contributed by atoms with Gasteiger partial charge in [-0.3, -0.25) is 0 Å². The first kappa shape index (κ1) is 13.3. The van der Waals surface area contributed by atoms with E-state index in [4.69, 9.17) is 10.5 Å². The van der Waals surface area contributed by atoms with Crippen LogP contribution in [0, 0.1) is 0 Å². The van der Waals surface area contributed by atoms with Gasteiger partial charge in [0.25, 0.3) is 0 Å². The van der Waals surface area contributed by atoms with E-state index in [1.54, 1.807) is 19.2 Å². The predicted octanol–water partition coefficient (Wildman–Crippen LogP) is 1.50. The lowest BCUT2D eigenvalue weighted by Gasteiger charge is -2.14. The summed E-state index contributed by atoms with van der Waals surface area (Å²) in [5, 5.41) is 3.13. The molecule has 1 unspecified atom stereocenters. The molecule has 94 valence electrons. The lowest BCUT2D eigenvalue weighted by atomic mass is 10.1. The molecular weight excluding hydrogens is 220 g/mol. The highest BCUT2D eigenvalue weighted by atomic mass is 16.5. The summed E-state index contributed by atoms with van der Waals surface area (Å²) >= 11 is 0. The molecule has 0 bridgehead atoms. The second kappa shape index (κ2) is 6.10. The maximum absolute atomic E-state index is 11.4. The highest BCUT2D eigenvalue weighted by molar-refractivity contribution is 5.98. The fraction of sp³-hybridized carbons (Fsp3) is 0.417. The Bertz CT molecular complexity index is 393. The Labute approximate surface area is 101 Å². The molecule has 0 radical (unpaired) electrons. The normalized spacial score (nSPS) is 11.9. The molecule has 5 nitrogen and oxygen atoms in total. The van der Waals surface area contributed by atoms with Crippen LogP contribution < -0.4 is 11.1 Å². The van der Waals surface area contributed by atoms with Crippen LogP contribution in [0.1, 0.15) is 17.3 Å². The van der Waals surface area contributed by atoms with Crippen LogP contribution in [0.5, 0.6) is 0 Å². The van der Waals surface area contributed by atoms with Crippen LogP contribution in [0.25, 0.3) is 0 Å². The minimum Gasteiger partial charge on any atom is -0.465 e. The molecule has 0 aliphatic heterocycles. The number of hydrogen-bond acceptors (Lipinski definition) is 5.